The van der Waals surface area contributed by atoms with Crippen molar-refractivity contribution in [1.29, 1.82) is 0 Å². The van der Waals surface area contributed by atoms with Crippen LogP contribution in [0.15, 0.2) is 53.5 Å². The number of aromatic hydroxyl groups is 1. The second-order valence-corrected chi connectivity index (χ2v) is 4.83. The normalized spacial score (nSPS) is 15.4. The molecule has 0 bridgehead atoms. The van der Waals surface area contributed by atoms with Gasteiger partial charge in [-0.1, -0.05) is 36.4 Å². The van der Waals surface area contributed by atoms with Gasteiger partial charge in [0.2, 0.25) is 5.88 Å². The molecule has 2 aromatic carbocycles. The van der Waals surface area contributed by atoms with Crippen molar-refractivity contribution < 1.29 is 9.90 Å². The van der Waals surface area contributed by atoms with Crippen LogP contribution in [0.2, 0.25) is 0 Å². The van der Waals surface area contributed by atoms with Crippen LogP contribution in [0.25, 0.3) is 10.9 Å². The van der Waals surface area contributed by atoms with E-state index in [0.29, 0.717) is 11.4 Å². The Kier molecular flexibility index (Phi) is 2.35. The highest BCUT2D eigenvalue weighted by Gasteiger charge is 2.26. The summed E-state index contributed by atoms with van der Waals surface area (Å²) in [5.74, 6) is -0.304. The standard InChI is InChI=1S/C16H11N3O2/c20-15-13(9-5-1-3-7-11(9)17-15)19-14-10-6-2-4-8-12(10)18-16(14)21/h1-8,17,20H,(H,18,19,21). The highest BCUT2D eigenvalue weighted by Crippen LogP contribution is 2.36. The van der Waals surface area contributed by atoms with Crippen molar-refractivity contribution >= 4 is 33.9 Å². The first kappa shape index (κ1) is 11.7. The van der Waals surface area contributed by atoms with E-state index in [-0.39, 0.29) is 11.8 Å². The fourth-order valence-corrected chi connectivity index (χ4v) is 2.55. The molecule has 21 heavy (non-hydrogen) atoms. The van der Waals surface area contributed by atoms with Gasteiger partial charge in [-0.25, -0.2) is 4.99 Å². The number of aromatic amines is 1. The third-order valence-electron chi connectivity index (χ3n) is 3.53. The summed E-state index contributed by atoms with van der Waals surface area (Å²) in [6.45, 7) is 0. The van der Waals surface area contributed by atoms with Crippen LogP contribution < -0.4 is 5.32 Å². The smallest absolute Gasteiger partial charge is 0.275 e. The van der Waals surface area contributed by atoms with Crippen LogP contribution in [0, 0.1) is 0 Å². The maximum absolute atomic E-state index is 12.1. The molecule has 3 N–H and O–H groups in total. The van der Waals surface area contributed by atoms with Gasteiger partial charge < -0.3 is 15.4 Å². The van der Waals surface area contributed by atoms with Crippen molar-refractivity contribution in [3.8, 4) is 5.88 Å². The second-order valence-electron chi connectivity index (χ2n) is 4.83. The predicted molar refractivity (Wildman–Crippen MR) is 81.2 cm³/mol. The molecule has 0 unspecified atom stereocenters. The molecule has 0 saturated heterocycles. The fraction of sp³-hybridized carbons (Fsp3) is 0. The highest BCUT2D eigenvalue weighted by molar-refractivity contribution is 6.54. The number of rotatable bonds is 1. The van der Waals surface area contributed by atoms with Crippen LogP contribution in [0.5, 0.6) is 5.88 Å². The van der Waals surface area contributed by atoms with Crippen LogP contribution in [0.1, 0.15) is 5.56 Å². The van der Waals surface area contributed by atoms with Gasteiger partial charge in [-0.15, -0.1) is 0 Å². The number of nitrogens with one attached hydrogen (secondary N) is 2. The number of fused-ring (bicyclic) bond motifs is 2. The third kappa shape index (κ3) is 1.71. The molecule has 5 nitrogen and oxygen atoms in total. The van der Waals surface area contributed by atoms with Crippen LogP contribution in [-0.4, -0.2) is 21.7 Å². The summed E-state index contributed by atoms with van der Waals surface area (Å²) in [6, 6.07) is 14.8. The molecule has 0 spiro atoms. The number of nitrogens with zero attached hydrogens (tertiary/aromatic N) is 1. The predicted octanol–water partition coefficient (Wildman–Crippen LogP) is 2.95. The van der Waals surface area contributed by atoms with E-state index >= 15 is 0 Å². The molecule has 3 aromatic rings. The second kappa shape index (κ2) is 4.21. The van der Waals surface area contributed by atoms with Gasteiger partial charge in [0.05, 0.1) is 11.2 Å². The molecule has 1 aromatic heterocycles. The average molecular weight is 277 g/mol. The Bertz CT molecular complexity index is 909. The summed E-state index contributed by atoms with van der Waals surface area (Å²) >= 11 is 0. The van der Waals surface area contributed by atoms with Crippen molar-refractivity contribution in [3.05, 3.63) is 54.1 Å². The first-order valence-corrected chi connectivity index (χ1v) is 6.53. The molecule has 1 amide bonds. The lowest BCUT2D eigenvalue weighted by Crippen LogP contribution is -2.13. The summed E-state index contributed by atoms with van der Waals surface area (Å²) < 4.78 is 0. The lowest BCUT2D eigenvalue weighted by Gasteiger charge is -1.97. The number of para-hydroxylation sites is 2. The Balaban J connectivity index is 1.95. The molecule has 0 radical (unpaired) electrons. The lowest BCUT2D eigenvalue weighted by atomic mass is 10.1. The van der Waals surface area contributed by atoms with E-state index < -0.39 is 0 Å². The number of H-pyrrole nitrogens is 1. The average Bonchev–Trinajstić information content (AvgIpc) is 2.97. The zero-order valence-electron chi connectivity index (χ0n) is 10.9. The van der Waals surface area contributed by atoms with E-state index in [0.717, 1.165) is 22.2 Å². The molecule has 2 heterocycles. The zero-order chi connectivity index (χ0) is 14.4. The molecule has 1 aliphatic rings. The van der Waals surface area contributed by atoms with Gasteiger partial charge in [-0.05, 0) is 12.1 Å². The van der Waals surface area contributed by atoms with E-state index in [1.54, 1.807) is 0 Å². The minimum atomic E-state index is -0.263. The number of carbonyl (C=O) groups excluding carboxylic acids is 1. The SMILES string of the molecule is O=C1Nc2ccccc2/C1=N\c1c(O)[nH]c2ccccc12. The molecule has 0 aliphatic carbocycles. The van der Waals surface area contributed by atoms with E-state index in [1.807, 2.05) is 48.5 Å². The number of amides is 1. The van der Waals surface area contributed by atoms with E-state index in [9.17, 15) is 9.90 Å². The van der Waals surface area contributed by atoms with Crippen molar-refractivity contribution in [2.24, 2.45) is 4.99 Å². The third-order valence-corrected chi connectivity index (χ3v) is 3.53. The van der Waals surface area contributed by atoms with Crippen LogP contribution in [-0.2, 0) is 4.79 Å². The summed E-state index contributed by atoms with van der Waals surface area (Å²) in [4.78, 5) is 19.3. The highest BCUT2D eigenvalue weighted by atomic mass is 16.3. The van der Waals surface area contributed by atoms with Gasteiger partial charge in [0.25, 0.3) is 5.91 Å². The van der Waals surface area contributed by atoms with Gasteiger partial charge in [0.15, 0.2) is 0 Å². The molecule has 102 valence electrons. The Morgan fingerprint density at radius 2 is 1.76 bits per heavy atom. The molecule has 0 saturated carbocycles. The Hall–Kier alpha value is -3.08. The minimum Gasteiger partial charge on any atom is -0.493 e. The molecule has 1 aliphatic heterocycles. The van der Waals surface area contributed by atoms with Crippen LogP contribution >= 0.6 is 0 Å². The van der Waals surface area contributed by atoms with Gasteiger partial charge >= 0.3 is 0 Å². The number of aromatic nitrogens is 1. The first-order chi connectivity index (χ1) is 10.2. The molecule has 5 heteroatoms. The largest absolute Gasteiger partial charge is 0.493 e. The summed E-state index contributed by atoms with van der Waals surface area (Å²) in [5.41, 5.74) is 2.95. The Labute approximate surface area is 120 Å². The molecular formula is C16H11N3O2. The summed E-state index contributed by atoms with van der Waals surface area (Å²) in [5, 5.41) is 13.6. The number of benzene rings is 2. The lowest BCUT2D eigenvalue weighted by molar-refractivity contribution is -0.110. The Morgan fingerprint density at radius 1 is 1.00 bits per heavy atom. The quantitative estimate of drug-likeness (QED) is 0.639. The maximum atomic E-state index is 12.1. The Morgan fingerprint density at radius 3 is 2.67 bits per heavy atom. The van der Waals surface area contributed by atoms with Crippen LogP contribution in [0.3, 0.4) is 0 Å². The molecule has 0 atom stereocenters. The van der Waals surface area contributed by atoms with E-state index in [1.165, 1.54) is 0 Å². The number of aliphatic imine (C=N–C) groups is 1. The number of hydrogen-bond donors (Lipinski definition) is 3. The number of carbonyl (C=O) groups is 1. The maximum Gasteiger partial charge on any atom is 0.275 e. The van der Waals surface area contributed by atoms with Crippen molar-refractivity contribution in [3.63, 3.8) is 0 Å². The summed E-state index contributed by atoms with van der Waals surface area (Å²) in [6.07, 6.45) is 0. The van der Waals surface area contributed by atoms with Crippen LogP contribution in [0.4, 0.5) is 11.4 Å². The van der Waals surface area contributed by atoms with Gasteiger partial charge in [-0.2, -0.15) is 0 Å². The monoisotopic (exact) mass is 277 g/mol. The number of hydrogen-bond acceptors (Lipinski definition) is 3. The van der Waals surface area contributed by atoms with E-state index in [2.05, 4.69) is 15.3 Å². The van der Waals surface area contributed by atoms with Gasteiger partial charge in [0, 0.05) is 10.9 Å². The molecule has 4 rings (SSSR count). The van der Waals surface area contributed by atoms with Crippen molar-refractivity contribution in [1.82, 2.24) is 4.98 Å². The van der Waals surface area contributed by atoms with Gasteiger partial charge in [0.1, 0.15) is 11.4 Å². The first-order valence-electron chi connectivity index (χ1n) is 6.53. The molecular weight excluding hydrogens is 266 g/mol. The topological polar surface area (TPSA) is 77.5 Å². The fourth-order valence-electron chi connectivity index (χ4n) is 2.55. The molecule has 0 fully saturated rings. The van der Waals surface area contributed by atoms with E-state index in [4.69, 9.17) is 0 Å². The minimum absolute atomic E-state index is 0.0409. The summed E-state index contributed by atoms with van der Waals surface area (Å²) in [7, 11) is 0. The van der Waals surface area contributed by atoms with Crippen molar-refractivity contribution in [2.75, 3.05) is 5.32 Å². The zero-order valence-corrected chi connectivity index (χ0v) is 10.9. The number of anilines is 1. The van der Waals surface area contributed by atoms with Gasteiger partial charge in [-0.3, -0.25) is 4.79 Å². The van der Waals surface area contributed by atoms with Crippen molar-refractivity contribution in [2.45, 2.75) is 0 Å².